The summed E-state index contributed by atoms with van der Waals surface area (Å²) in [4.78, 5) is 30.6. The van der Waals surface area contributed by atoms with E-state index in [-0.39, 0.29) is 33.0 Å². The number of nitrogens with two attached hydrogens (primary N) is 1. The molecule has 17 nitrogen and oxygen atoms in total. The molecule has 0 unspecified atom stereocenters. The maximum absolute atomic E-state index is 12.8. The third-order valence-electron chi connectivity index (χ3n) is 9.53. The standard InChI is InChI=1S/C18H25N5O3S.C11H19N3S.C8H10N2O3S.C2H3N/c1-3-19-17(23-13-18(12-20-23)10-4-5-11-18)22-27(25,26)16-8-6-15(7-9-16)21-14(2)24;1-3-12-10(15-2)14-9-11(8-13-14)6-4-5-7-11;1-6(11)10-7-2-4-8(5-3-7)14(9,12)13;1-2-3/h6-9,12H,3-5,10-11,13H2,1-2H3,(H,19,22)(H,21,24);8H,3-7,9H2,1-2H3;2-5H,1H3,(H,10,11)(H2,9,12,13);1H3. The fraction of sp³-hybridized carbons (Fsp3) is 0.513. The number of primary sulfonamides is 1. The van der Waals surface area contributed by atoms with Crippen LogP contribution in [0, 0.1) is 22.2 Å². The summed E-state index contributed by atoms with van der Waals surface area (Å²) in [7, 11) is -7.47. The van der Waals surface area contributed by atoms with Crippen LogP contribution >= 0.6 is 11.8 Å². The first kappa shape index (κ1) is 48.5. The van der Waals surface area contributed by atoms with Gasteiger partial charge in [0.05, 0.1) is 28.9 Å². The van der Waals surface area contributed by atoms with Crippen molar-refractivity contribution in [1.29, 1.82) is 5.26 Å². The van der Waals surface area contributed by atoms with Gasteiger partial charge in [-0.1, -0.05) is 37.4 Å². The molecular weight excluding hydrogens is 815 g/mol. The number of hydrogen-bond donors (Lipinski definition) is 4. The first-order chi connectivity index (χ1) is 27.9. The summed E-state index contributed by atoms with van der Waals surface area (Å²) in [5.74, 6) is -0.189. The second-order valence-electron chi connectivity index (χ2n) is 14.3. The van der Waals surface area contributed by atoms with Crippen molar-refractivity contribution in [3.8, 4) is 6.07 Å². The molecule has 0 radical (unpaired) electrons. The van der Waals surface area contributed by atoms with Crippen molar-refractivity contribution in [1.82, 2.24) is 14.7 Å². The van der Waals surface area contributed by atoms with Gasteiger partial charge in [0.15, 0.2) is 5.17 Å². The Balaban J connectivity index is 0.000000247. The monoisotopic (exact) mass is 871 g/mol. The van der Waals surface area contributed by atoms with Gasteiger partial charge in [0.2, 0.25) is 27.8 Å². The lowest BCUT2D eigenvalue weighted by Gasteiger charge is -2.23. The van der Waals surface area contributed by atoms with E-state index in [2.05, 4.69) is 59.9 Å². The van der Waals surface area contributed by atoms with Crippen LogP contribution in [0.25, 0.3) is 0 Å². The summed E-state index contributed by atoms with van der Waals surface area (Å²) in [6.07, 6.45) is 16.0. The number of hydrogen-bond acceptors (Lipinski definition) is 12. The highest BCUT2D eigenvalue weighted by Crippen LogP contribution is 2.41. The molecule has 0 aromatic heterocycles. The summed E-state index contributed by atoms with van der Waals surface area (Å²) in [5.41, 5.74) is 1.49. The molecule has 0 atom stereocenters. The molecule has 20 heteroatoms. The highest BCUT2D eigenvalue weighted by molar-refractivity contribution is 8.13. The SMILES string of the molecule is CC#N.CC(=O)Nc1ccc(S(N)(=O)=O)cc1.CCN=C(NS(=O)(=O)c1ccc(NC(C)=O)cc1)N1CC2(C=N1)CCCC2.CCN=C(SC)N1CC2(C=N1)CCCC2. The predicted octanol–water partition coefficient (Wildman–Crippen LogP) is 5.57. The molecule has 322 valence electrons. The molecule has 2 spiro atoms. The quantitative estimate of drug-likeness (QED) is 0.199. The van der Waals surface area contributed by atoms with Crippen LogP contribution in [0.2, 0.25) is 0 Å². The van der Waals surface area contributed by atoms with Gasteiger partial charge in [-0.3, -0.25) is 19.6 Å². The lowest BCUT2D eigenvalue weighted by Crippen LogP contribution is -2.42. The number of rotatable bonds is 7. The minimum atomic E-state index is -3.81. The van der Waals surface area contributed by atoms with E-state index >= 15 is 0 Å². The zero-order chi connectivity index (χ0) is 43.7. The first-order valence-corrected chi connectivity index (χ1v) is 23.6. The molecule has 2 fully saturated rings. The molecule has 2 amide bonds. The Morgan fingerprint density at radius 2 is 1.19 bits per heavy atom. The Hall–Kier alpha value is -4.84. The van der Waals surface area contributed by atoms with Crippen molar-refractivity contribution < 1.29 is 26.4 Å². The lowest BCUT2D eigenvalue weighted by atomic mass is 9.88. The van der Waals surface area contributed by atoms with Crippen LogP contribution in [-0.4, -0.2) is 94.7 Å². The second-order valence-corrected chi connectivity index (χ2v) is 18.3. The minimum Gasteiger partial charge on any atom is -0.326 e. The fourth-order valence-corrected chi connectivity index (χ4v) is 8.98. The molecule has 4 aliphatic rings. The third kappa shape index (κ3) is 15.0. The lowest BCUT2D eigenvalue weighted by molar-refractivity contribution is -0.115. The van der Waals surface area contributed by atoms with E-state index in [1.54, 1.807) is 35.0 Å². The molecule has 2 aliphatic heterocycles. The summed E-state index contributed by atoms with van der Waals surface area (Å²) >= 11 is 1.70. The number of nitriles is 1. The normalized spacial score (nSPS) is 17.6. The van der Waals surface area contributed by atoms with Gasteiger partial charge in [-0.05, 0) is 94.3 Å². The molecule has 2 heterocycles. The number of nitrogens with one attached hydrogen (secondary N) is 3. The van der Waals surface area contributed by atoms with Gasteiger partial charge in [0.1, 0.15) is 0 Å². The maximum Gasteiger partial charge on any atom is 0.264 e. The van der Waals surface area contributed by atoms with E-state index in [4.69, 9.17) is 10.4 Å². The first-order valence-electron chi connectivity index (χ1n) is 19.3. The number of thioether (sulfide) groups is 1. The molecule has 6 rings (SSSR count). The number of nitrogens with zero attached hydrogens (tertiary/aromatic N) is 7. The summed E-state index contributed by atoms with van der Waals surface area (Å²) in [6.45, 7) is 11.1. The van der Waals surface area contributed by atoms with Crippen molar-refractivity contribution in [2.75, 3.05) is 43.1 Å². The number of benzene rings is 2. The van der Waals surface area contributed by atoms with Gasteiger partial charge < -0.3 is 10.6 Å². The molecule has 5 N–H and O–H groups in total. The van der Waals surface area contributed by atoms with E-state index in [1.807, 2.05) is 13.1 Å². The Morgan fingerprint density at radius 1 is 0.780 bits per heavy atom. The maximum atomic E-state index is 12.8. The van der Waals surface area contributed by atoms with Gasteiger partial charge >= 0.3 is 0 Å². The fourth-order valence-electron chi connectivity index (χ4n) is 6.86. The van der Waals surface area contributed by atoms with Crippen LogP contribution < -0.4 is 20.5 Å². The van der Waals surface area contributed by atoms with Crippen molar-refractivity contribution in [2.45, 2.75) is 95.8 Å². The van der Waals surface area contributed by atoms with Crippen LogP contribution in [0.1, 0.15) is 86.0 Å². The highest BCUT2D eigenvalue weighted by Gasteiger charge is 2.40. The molecule has 59 heavy (non-hydrogen) atoms. The zero-order valence-corrected chi connectivity index (χ0v) is 37.1. The zero-order valence-electron chi connectivity index (χ0n) is 34.6. The molecule has 0 bridgehead atoms. The smallest absolute Gasteiger partial charge is 0.264 e. The Kier molecular flexibility index (Phi) is 18.5. The van der Waals surface area contributed by atoms with Crippen molar-refractivity contribution in [3.05, 3.63) is 48.5 Å². The van der Waals surface area contributed by atoms with Gasteiger partial charge in [0.25, 0.3) is 10.0 Å². The van der Waals surface area contributed by atoms with Crippen LogP contribution in [0.5, 0.6) is 0 Å². The largest absolute Gasteiger partial charge is 0.326 e. The number of amides is 2. The summed E-state index contributed by atoms with van der Waals surface area (Å²) in [6, 6.07) is 13.4. The number of anilines is 2. The van der Waals surface area contributed by atoms with Crippen LogP contribution in [0.4, 0.5) is 11.4 Å². The Labute approximate surface area is 353 Å². The minimum absolute atomic E-state index is 0.0200. The molecule has 2 aromatic carbocycles. The van der Waals surface area contributed by atoms with Gasteiger partial charge in [-0.15, -0.1) is 0 Å². The molecular formula is C39H57N11O6S3. The van der Waals surface area contributed by atoms with Crippen LogP contribution in [-0.2, 0) is 29.6 Å². The number of aliphatic imine (C=N–C) groups is 2. The van der Waals surface area contributed by atoms with Gasteiger partial charge in [-0.25, -0.2) is 36.7 Å². The average molecular weight is 872 g/mol. The van der Waals surface area contributed by atoms with E-state index in [0.29, 0.717) is 29.9 Å². The number of hydrazone groups is 2. The summed E-state index contributed by atoms with van der Waals surface area (Å²) < 4.78 is 49.8. The predicted molar refractivity (Wildman–Crippen MR) is 236 cm³/mol. The Bertz CT molecular complexity index is 2110. The topological polar surface area (TPSA) is 244 Å². The van der Waals surface area contributed by atoms with Gasteiger partial charge in [-0.2, -0.15) is 15.5 Å². The number of guanidine groups is 1. The molecule has 2 saturated carbocycles. The molecule has 0 saturated heterocycles. The number of carbonyl (C=O) groups excluding carboxylic acids is 2. The summed E-state index contributed by atoms with van der Waals surface area (Å²) in [5, 5.41) is 31.1. The Morgan fingerprint density at radius 3 is 1.58 bits per heavy atom. The number of carbonyl (C=O) groups is 2. The van der Waals surface area contributed by atoms with E-state index < -0.39 is 20.0 Å². The van der Waals surface area contributed by atoms with Crippen LogP contribution in [0.3, 0.4) is 0 Å². The van der Waals surface area contributed by atoms with Gasteiger partial charge in [0, 0.05) is 68.5 Å². The number of sulfonamides is 2. The van der Waals surface area contributed by atoms with Crippen LogP contribution in [0.15, 0.2) is 78.5 Å². The third-order valence-corrected chi connectivity index (χ3v) is 12.5. The number of amidine groups is 1. The van der Waals surface area contributed by atoms with Crippen molar-refractivity contribution >= 4 is 78.6 Å². The van der Waals surface area contributed by atoms with E-state index in [1.165, 1.54) is 95.7 Å². The van der Waals surface area contributed by atoms with Crippen molar-refractivity contribution in [2.24, 2.45) is 36.2 Å². The highest BCUT2D eigenvalue weighted by atomic mass is 32.2. The molecule has 2 aromatic rings. The molecule has 2 aliphatic carbocycles. The van der Waals surface area contributed by atoms with E-state index in [0.717, 1.165) is 31.1 Å². The average Bonchev–Trinajstić information content (AvgIpc) is 4.01. The van der Waals surface area contributed by atoms with Crippen molar-refractivity contribution in [3.63, 3.8) is 0 Å². The van der Waals surface area contributed by atoms with E-state index in [9.17, 15) is 26.4 Å². The second kappa shape index (κ2) is 22.5.